The standard InChI is InChI=1S/C13H22N4O/c1-4-16(3)13(18)10(2)15-8-12-7-14-9-17(12)11-5-6-11/h7,9-11,15H,4-6,8H2,1-3H3. The third-order valence-electron chi connectivity index (χ3n) is 3.50. The Morgan fingerprint density at radius 3 is 3.00 bits per heavy atom. The molecule has 0 aromatic carbocycles. The van der Waals surface area contributed by atoms with Crippen LogP contribution in [0.15, 0.2) is 12.5 Å². The fraction of sp³-hybridized carbons (Fsp3) is 0.692. The molecule has 0 saturated heterocycles. The number of hydrogen-bond donors (Lipinski definition) is 1. The van der Waals surface area contributed by atoms with Gasteiger partial charge in [0.1, 0.15) is 0 Å². The van der Waals surface area contributed by atoms with Gasteiger partial charge in [-0.3, -0.25) is 4.79 Å². The third-order valence-corrected chi connectivity index (χ3v) is 3.50. The molecule has 1 saturated carbocycles. The first-order valence-electron chi connectivity index (χ1n) is 6.62. The molecular weight excluding hydrogens is 228 g/mol. The van der Waals surface area contributed by atoms with Gasteiger partial charge in [-0.15, -0.1) is 0 Å². The second-order valence-electron chi connectivity index (χ2n) is 4.98. The van der Waals surface area contributed by atoms with Gasteiger partial charge in [-0.25, -0.2) is 4.98 Å². The highest BCUT2D eigenvalue weighted by Gasteiger charge is 2.25. The van der Waals surface area contributed by atoms with Gasteiger partial charge in [0.25, 0.3) is 0 Å². The van der Waals surface area contributed by atoms with Crippen LogP contribution in [-0.4, -0.2) is 40.0 Å². The number of carbonyl (C=O) groups excluding carboxylic acids is 1. The molecule has 1 aliphatic carbocycles. The van der Waals surface area contributed by atoms with Crippen LogP contribution in [0.3, 0.4) is 0 Å². The number of amides is 1. The van der Waals surface area contributed by atoms with Crippen molar-refractivity contribution < 1.29 is 4.79 Å². The summed E-state index contributed by atoms with van der Waals surface area (Å²) in [6.07, 6.45) is 6.26. The summed E-state index contributed by atoms with van der Waals surface area (Å²) in [5.74, 6) is 0.134. The van der Waals surface area contributed by atoms with Crippen molar-refractivity contribution in [1.82, 2.24) is 19.8 Å². The minimum absolute atomic E-state index is 0.134. The Balaban J connectivity index is 1.87. The lowest BCUT2D eigenvalue weighted by atomic mass is 10.3. The van der Waals surface area contributed by atoms with E-state index in [1.807, 2.05) is 33.4 Å². The Hall–Kier alpha value is -1.36. The Labute approximate surface area is 108 Å². The van der Waals surface area contributed by atoms with Crippen LogP contribution in [0.5, 0.6) is 0 Å². The molecule has 1 unspecified atom stereocenters. The van der Waals surface area contributed by atoms with E-state index in [1.54, 1.807) is 4.90 Å². The Morgan fingerprint density at radius 1 is 1.67 bits per heavy atom. The number of nitrogens with one attached hydrogen (secondary N) is 1. The number of imidazole rings is 1. The van der Waals surface area contributed by atoms with Crippen LogP contribution in [0.4, 0.5) is 0 Å². The fourth-order valence-electron chi connectivity index (χ4n) is 1.98. The maximum Gasteiger partial charge on any atom is 0.239 e. The Kier molecular flexibility index (Phi) is 4.01. The van der Waals surface area contributed by atoms with Crippen LogP contribution >= 0.6 is 0 Å². The summed E-state index contributed by atoms with van der Waals surface area (Å²) in [6, 6.07) is 0.478. The number of rotatable bonds is 6. The third kappa shape index (κ3) is 2.90. The summed E-state index contributed by atoms with van der Waals surface area (Å²) in [5.41, 5.74) is 1.16. The Bertz CT molecular complexity index is 411. The van der Waals surface area contributed by atoms with Crippen molar-refractivity contribution in [3.05, 3.63) is 18.2 Å². The monoisotopic (exact) mass is 250 g/mol. The zero-order chi connectivity index (χ0) is 13.1. The van der Waals surface area contributed by atoms with E-state index in [9.17, 15) is 4.79 Å². The molecule has 1 aromatic rings. The molecule has 5 heteroatoms. The molecule has 5 nitrogen and oxygen atoms in total. The first kappa shape index (κ1) is 13.1. The number of carbonyl (C=O) groups is 1. The van der Waals surface area contributed by atoms with Crippen molar-refractivity contribution in [3.63, 3.8) is 0 Å². The summed E-state index contributed by atoms with van der Waals surface area (Å²) >= 11 is 0. The maximum atomic E-state index is 11.9. The van der Waals surface area contributed by atoms with Gasteiger partial charge < -0.3 is 14.8 Å². The van der Waals surface area contributed by atoms with E-state index in [4.69, 9.17) is 0 Å². The van der Waals surface area contributed by atoms with E-state index in [0.717, 1.165) is 12.2 Å². The van der Waals surface area contributed by atoms with Crippen LogP contribution in [0.25, 0.3) is 0 Å². The molecule has 0 radical (unpaired) electrons. The molecule has 0 aliphatic heterocycles. The smallest absolute Gasteiger partial charge is 0.239 e. The van der Waals surface area contributed by atoms with Crippen molar-refractivity contribution in [1.29, 1.82) is 0 Å². The minimum Gasteiger partial charge on any atom is -0.345 e. The normalized spacial score (nSPS) is 16.6. The van der Waals surface area contributed by atoms with Gasteiger partial charge in [-0.2, -0.15) is 0 Å². The highest BCUT2D eigenvalue weighted by Crippen LogP contribution is 2.35. The van der Waals surface area contributed by atoms with Crippen molar-refractivity contribution in [2.24, 2.45) is 0 Å². The zero-order valence-corrected chi connectivity index (χ0v) is 11.4. The van der Waals surface area contributed by atoms with Gasteiger partial charge in [-0.05, 0) is 26.7 Å². The summed E-state index contributed by atoms with van der Waals surface area (Å²) in [7, 11) is 1.83. The van der Waals surface area contributed by atoms with E-state index in [0.29, 0.717) is 12.6 Å². The minimum atomic E-state index is -0.155. The first-order chi connectivity index (χ1) is 8.63. The Morgan fingerprint density at radius 2 is 2.39 bits per heavy atom. The fourth-order valence-corrected chi connectivity index (χ4v) is 1.98. The predicted molar refractivity (Wildman–Crippen MR) is 70.1 cm³/mol. The van der Waals surface area contributed by atoms with E-state index in [-0.39, 0.29) is 11.9 Å². The number of aromatic nitrogens is 2. The summed E-state index contributed by atoms with van der Waals surface area (Å²) in [5, 5.41) is 3.27. The van der Waals surface area contributed by atoms with E-state index in [1.165, 1.54) is 12.8 Å². The van der Waals surface area contributed by atoms with Crippen molar-refractivity contribution in [2.75, 3.05) is 13.6 Å². The van der Waals surface area contributed by atoms with Crippen LogP contribution in [0.1, 0.15) is 38.4 Å². The summed E-state index contributed by atoms with van der Waals surface area (Å²) in [4.78, 5) is 17.8. The molecule has 1 amide bonds. The summed E-state index contributed by atoms with van der Waals surface area (Å²) < 4.78 is 2.22. The molecular formula is C13H22N4O. The quantitative estimate of drug-likeness (QED) is 0.824. The van der Waals surface area contributed by atoms with Crippen LogP contribution in [-0.2, 0) is 11.3 Å². The van der Waals surface area contributed by atoms with E-state index in [2.05, 4.69) is 14.9 Å². The van der Waals surface area contributed by atoms with Crippen LogP contribution in [0.2, 0.25) is 0 Å². The van der Waals surface area contributed by atoms with Gasteiger partial charge in [0.15, 0.2) is 0 Å². The molecule has 1 aliphatic rings. The molecule has 1 fully saturated rings. The molecule has 1 atom stereocenters. The predicted octanol–water partition coefficient (Wildman–Crippen LogP) is 1.17. The van der Waals surface area contributed by atoms with Crippen molar-refractivity contribution in [2.45, 2.75) is 45.3 Å². The van der Waals surface area contributed by atoms with E-state index >= 15 is 0 Å². The molecule has 2 rings (SSSR count). The highest BCUT2D eigenvalue weighted by molar-refractivity contribution is 5.81. The van der Waals surface area contributed by atoms with Crippen LogP contribution in [0, 0.1) is 0 Å². The highest BCUT2D eigenvalue weighted by atomic mass is 16.2. The van der Waals surface area contributed by atoms with Crippen molar-refractivity contribution >= 4 is 5.91 Å². The molecule has 0 spiro atoms. The zero-order valence-electron chi connectivity index (χ0n) is 11.4. The molecule has 0 bridgehead atoms. The summed E-state index contributed by atoms with van der Waals surface area (Å²) in [6.45, 7) is 5.32. The van der Waals surface area contributed by atoms with Gasteiger partial charge in [0, 0.05) is 32.4 Å². The lowest BCUT2D eigenvalue weighted by molar-refractivity contribution is -0.131. The lowest BCUT2D eigenvalue weighted by Crippen LogP contribution is -2.42. The van der Waals surface area contributed by atoms with Crippen LogP contribution < -0.4 is 5.32 Å². The second kappa shape index (κ2) is 5.52. The average Bonchev–Trinajstić information content (AvgIpc) is 3.13. The first-order valence-corrected chi connectivity index (χ1v) is 6.62. The maximum absolute atomic E-state index is 11.9. The molecule has 1 N–H and O–H groups in total. The van der Waals surface area contributed by atoms with Gasteiger partial charge in [-0.1, -0.05) is 0 Å². The topological polar surface area (TPSA) is 50.2 Å². The molecule has 1 aromatic heterocycles. The number of nitrogens with zero attached hydrogens (tertiary/aromatic N) is 3. The van der Waals surface area contributed by atoms with Gasteiger partial charge in [0.2, 0.25) is 5.91 Å². The molecule has 1 heterocycles. The largest absolute Gasteiger partial charge is 0.345 e. The lowest BCUT2D eigenvalue weighted by Gasteiger charge is -2.20. The number of likely N-dealkylation sites (N-methyl/N-ethyl adjacent to an activating group) is 1. The van der Waals surface area contributed by atoms with Crippen molar-refractivity contribution in [3.8, 4) is 0 Å². The second-order valence-corrected chi connectivity index (χ2v) is 4.98. The molecule has 100 valence electrons. The SMILES string of the molecule is CCN(C)C(=O)C(C)NCc1cncn1C1CC1. The molecule has 18 heavy (non-hydrogen) atoms. The van der Waals surface area contributed by atoms with Gasteiger partial charge in [0.05, 0.1) is 18.1 Å². The van der Waals surface area contributed by atoms with E-state index < -0.39 is 0 Å². The van der Waals surface area contributed by atoms with Gasteiger partial charge >= 0.3 is 0 Å². The number of hydrogen-bond acceptors (Lipinski definition) is 3. The average molecular weight is 250 g/mol.